The third kappa shape index (κ3) is 3.24. The predicted molar refractivity (Wildman–Crippen MR) is 120 cm³/mol. The van der Waals surface area contributed by atoms with Crippen molar-refractivity contribution >= 4 is 16.9 Å². The molecular formula is C24H19F2N7O3. The van der Waals surface area contributed by atoms with Gasteiger partial charge in [0, 0.05) is 35.8 Å². The number of alkyl halides is 2. The Morgan fingerprint density at radius 1 is 1.17 bits per heavy atom. The molecule has 1 amide bonds. The van der Waals surface area contributed by atoms with Crippen molar-refractivity contribution in [2.24, 2.45) is 0 Å². The monoisotopic (exact) mass is 491 g/mol. The van der Waals surface area contributed by atoms with Gasteiger partial charge in [0.05, 0.1) is 23.8 Å². The van der Waals surface area contributed by atoms with Gasteiger partial charge in [-0.2, -0.15) is 13.9 Å². The number of carbonyl (C=O) groups is 1. The molecule has 12 heteroatoms. The quantitative estimate of drug-likeness (QED) is 0.385. The molecule has 1 N–H and O–H groups in total. The van der Waals surface area contributed by atoms with Crippen LogP contribution in [-0.4, -0.2) is 47.3 Å². The number of fused-ring (bicyclic) bond motifs is 2. The SMILES string of the molecule is O=C(c1nnc(-c2cnn(C(F)F)c2)o1)N1CCc2[nH]cnc2[C@@H]1c1oc2ccccc2c1C1CC1. The summed E-state index contributed by atoms with van der Waals surface area (Å²) in [5.74, 6) is 0.254. The van der Waals surface area contributed by atoms with Crippen LogP contribution in [0, 0.1) is 0 Å². The van der Waals surface area contributed by atoms with Crippen LogP contribution in [0.25, 0.3) is 22.4 Å². The number of aromatic amines is 1. The van der Waals surface area contributed by atoms with Crippen LogP contribution in [0.3, 0.4) is 0 Å². The van der Waals surface area contributed by atoms with Crippen LogP contribution in [0.4, 0.5) is 8.78 Å². The molecule has 1 aliphatic carbocycles. The topological polar surface area (TPSA) is 119 Å². The smallest absolute Gasteiger partial charge is 0.333 e. The summed E-state index contributed by atoms with van der Waals surface area (Å²) >= 11 is 0. The van der Waals surface area contributed by atoms with Gasteiger partial charge in [-0.25, -0.2) is 9.67 Å². The highest BCUT2D eigenvalue weighted by Crippen LogP contribution is 2.50. The highest BCUT2D eigenvalue weighted by molar-refractivity contribution is 5.91. The van der Waals surface area contributed by atoms with E-state index in [2.05, 4.69) is 25.3 Å². The number of nitrogens with one attached hydrogen (secondary N) is 1. The number of hydrogen-bond acceptors (Lipinski definition) is 7. The largest absolute Gasteiger partial charge is 0.458 e. The first-order valence-electron chi connectivity index (χ1n) is 11.6. The summed E-state index contributed by atoms with van der Waals surface area (Å²) < 4.78 is 38.3. The third-order valence-corrected chi connectivity index (χ3v) is 6.74. The zero-order valence-corrected chi connectivity index (χ0v) is 18.8. The number of halogens is 2. The Morgan fingerprint density at radius 2 is 2.03 bits per heavy atom. The van der Waals surface area contributed by atoms with Gasteiger partial charge in [0.1, 0.15) is 17.4 Å². The lowest BCUT2D eigenvalue weighted by molar-refractivity contribution is 0.0565. The van der Waals surface area contributed by atoms with E-state index in [0.29, 0.717) is 35.0 Å². The van der Waals surface area contributed by atoms with Crippen molar-refractivity contribution in [3.8, 4) is 11.5 Å². The number of benzene rings is 1. The molecule has 36 heavy (non-hydrogen) atoms. The number of amides is 1. The summed E-state index contributed by atoms with van der Waals surface area (Å²) in [4.78, 5) is 23.1. The van der Waals surface area contributed by atoms with Gasteiger partial charge in [0.25, 0.3) is 5.89 Å². The van der Waals surface area contributed by atoms with E-state index in [4.69, 9.17) is 8.83 Å². The van der Waals surface area contributed by atoms with Gasteiger partial charge in [-0.3, -0.25) is 4.79 Å². The van der Waals surface area contributed by atoms with Gasteiger partial charge in [-0.1, -0.05) is 18.2 Å². The second-order valence-electron chi connectivity index (χ2n) is 8.97. The Balaban J connectivity index is 1.30. The minimum Gasteiger partial charge on any atom is -0.458 e. The molecule has 0 spiro atoms. The Hall–Kier alpha value is -4.35. The maximum atomic E-state index is 13.7. The van der Waals surface area contributed by atoms with E-state index in [1.165, 1.54) is 6.20 Å². The van der Waals surface area contributed by atoms with Crippen molar-refractivity contribution in [2.45, 2.75) is 37.8 Å². The summed E-state index contributed by atoms with van der Waals surface area (Å²) in [5, 5.41) is 12.4. The molecule has 1 saturated carbocycles. The molecule has 1 aromatic carbocycles. The van der Waals surface area contributed by atoms with Gasteiger partial charge in [-0.05, 0) is 24.8 Å². The number of aromatic nitrogens is 6. The summed E-state index contributed by atoms with van der Waals surface area (Å²) in [6, 6.07) is 7.29. The molecule has 0 saturated heterocycles. The molecule has 5 aromatic rings. The van der Waals surface area contributed by atoms with Crippen LogP contribution in [0.5, 0.6) is 0 Å². The van der Waals surface area contributed by atoms with Crippen LogP contribution in [-0.2, 0) is 6.42 Å². The van der Waals surface area contributed by atoms with Crippen molar-refractivity contribution in [1.29, 1.82) is 0 Å². The molecule has 1 fully saturated rings. The van der Waals surface area contributed by atoms with Crippen molar-refractivity contribution in [2.75, 3.05) is 6.54 Å². The molecule has 1 atom stereocenters. The van der Waals surface area contributed by atoms with E-state index in [9.17, 15) is 13.6 Å². The second-order valence-corrected chi connectivity index (χ2v) is 8.97. The molecule has 1 aliphatic heterocycles. The molecule has 10 nitrogen and oxygen atoms in total. The summed E-state index contributed by atoms with van der Waals surface area (Å²) in [6.45, 7) is -2.43. The average molecular weight is 491 g/mol. The highest BCUT2D eigenvalue weighted by atomic mass is 19.3. The van der Waals surface area contributed by atoms with Crippen molar-refractivity contribution in [3.05, 3.63) is 71.6 Å². The second kappa shape index (κ2) is 7.83. The number of furan rings is 1. The number of rotatable bonds is 5. The molecular weight excluding hydrogens is 472 g/mol. The Labute approximate surface area is 201 Å². The number of H-pyrrole nitrogens is 1. The van der Waals surface area contributed by atoms with Gasteiger partial charge in [0.2, 0.25) is 0 Å². The van der Waals surface area contributed by atoms with Gasteiger partial charge in [-0.15, -0.1) is 10.2 Å². The normalized spacial score (nSPS) is 17.8. The zero-order chi connectivity index (χ0) is 24.4. The summed E-state index contributed by atoms with van der Waals surface area (Å²) in [7, 11) is 0. The standard InChI is InChI=1S/C24H19F2N7O3/c25-24(26)33-10-13(9-29-33)21-30-31-22(36-21)23(34)32-8-7-15-18(28-11-27-15)19(32)20-17(12-5-6-12)14-3-1-2-4-16(14)35-20/h1-4,9-12,19,24H,5-8H2,(H,27,28)/t19-/m1/s1. The number of imidazole rings is 1. The number of para-hydroxylation sites is 1. The molecule has 4 aromatic heterocycles. The summed E-state index contributed by atoms with van der Waals surface area (Å²) in [6.07, 6.45) is 6.58. The number of nitrogens with zero attached hydrogens (tertiary/aromatic N) is 6. The van der Waals surface area contributed by atoms with Crippen LogP contribution < -0.4 is 0 Å². The van der Waals surface area contributed by atoms with Crippen molar-refractivity contribution in [3.63, 3.8) is 0 Å². The Kier molecular flexibility index (Phi) is 4.56. The average Bonchev–Trinajstić information content (AvgIpc) is 3.34. The third-order valence-electron chi connectivity index (χ3n) is 6.74. The van der Waals surface area contributed by atoms with E-state index < -0.39 is 18.5 Å². The molecule has 0 bridgehead atoms. The van der Waals surface area contributed by atoms with Crippen LogP contribution in [0.1, 0.15) is 64.7 Å². The maximum Gasteiger partial charge on any atom is 0.333 e. The van der Waals surface area contributed by atoms with Gasteiger partial charge < -0.3 is 18.7 Å². The molecule has 0 unspecified atom stereocenters. The zero-order valence-electron chi connectivity index (χ0n) is 18.8. The minimum absolute atomic E-state index is 0.0679. The highest BCUT2D eigenvalue weighted by Gasteiger charge is 2.42. The Bertz CT molecular complexity index is 1600. The van der Waals surface area contributed by atoms with Gasteiger partial charge >= 0.3 is 18.3 Å². The minimum atomic E-state index is -2.80. The molecule has 182 valence electrons. The fourth-order valence-corrected chi connectivity index (χ4v) is 4.95. The van der Waals surface area contributed by atoms with E-state index in [1.54, 1.807) is 11.2 Å². The van der Waals surface area contributed by atoms with E-state index in [1.807, 2.05) is 24.3 Å². The number of hydrogen-bond donors (Lipinski definition) is 1. The molecule has 7 rings (SSSR count). The Morgan fingerprint density at radius 3 is 2.83 bits per heavy atom. The fourth-order valence-electron chi connectivity index (χ4n) is 4.95. The number of carbonyl (C=O) groups excluding carboxylic acids is 1. The van der Waals surface area contributed by atoms with Crippen molar-refractivity contribution < 1.29 is 22.4 Å². The van der Waals surface area contributed by atoms with Gasteiger partial charge in [0.15, 0.2) is 0 Å². The first-order chi connectivity index (χ1) is 17.6. The van der Waals surface area contributed by atoms with E-state index in [-0.39, 0.29) is 17.3 Å². The maximum absolute atomic E-state index is 13.7. The lowest BCUT2D eigenvalue weighted by Gasteiger charge is -2.33. The van der Waals surface area contributed by atoms with Crippen LogP contribution >= 0.6 is 0 Å². The first-order valence-corrected chi connectivity index (χ1v) is 11.6. The lowest BCUT2D eigenvalue weighted by atomic mass is 9.95. The van der Waals surface area contributed by atoms with Crippen LogP contribution in [0.2, 0.25) is 0 Å². The van der Waals surface area contributed by atoms with E-state index in [0.717, 1.165) is 41.3 Å². The fraction of sp³-hybridized carbons (Fsp3) is 0.292. The lowest BCUT2D eigenvalue weighted by Crippen LogP contribution is -2.41. The van der Waals surface area contributed by atoms with Crippen LogP contribution in [0.15, 0.2) is 51.8 Å². The molecule has 2 aliphatic rings. The predicted octanol–water partition coefficient (Wildman–Crippen LogP) is 4.46. The first kappa shape index (κ1) is 21.0. The summed E-state index contributed by atoms with van der Waals surface area (Å²) in [5.41, 5.74) is 3.72. The van der Waals surface area contributed by atoms with Crippen molar-refractivity contribution in [1.82, 2.24) is 34.8 Å². The van der Waals surface area contributed by atoms with E-state index >= 15 is 0 Å². The molecule has 0 radical (unpaired) electrons. The molecule has 5 heterocycles.